The summed E-state index contributed by atoms with van der Waals surface area (Å²) in [5.41, 5.74) is -1.33. The molecule has 0 radical (unpaired) electrons. The molecule has 0 bridgehead atoms. The molecule has 0 aromatic heterocycles. The van der Waals surface area contributed by atoms with Gasteiger partial charge in [-0.2, -0.15) is 0 Å². The van der Waals surface area contributed by atoms with Crippen molar-refractivity contribution >= 4 is 17.9 Å². The van der Waals surface area contributed by atoms with Crippen molar-refractivity contribution in [1.82, 2.24) is 15.5 Å². The fourth-order valence-corrected chi connectivity index (χ4v) is 1.36. The van der Waals surface area contributed by atoms with E-state index in [2.05, 4.69) is 10.6 Å². The predicted molar refractivity (Wildman–Crippen MR) is 70.8 cm³/mol. The number of hydrogen-bond acceptors (Lipinski definition) is 3. The third kappa shape index (κ3) is 5.15. The van der Waals surface area contributed by atoms with Crippen molar-refractivity contribution in [1.29, 1.82) is 0 Å². The number of amides is 3. The fraction of sp³-hybridized carbons (Fsp3) is 0.750. The van der Waals surface area contributed by atoms with E-state index in [1.165, 1.54) is 11.8 Å². The van der Waals surface area contributed by atoms with Crippen LogP contribution in [0, 0.1) is 0 Å². The molecule has 0 aliphatic rings. The average molecular weight is 273 g/mol. The Morgan fingerprint density at radius 3 is 2.16 bits per heavy atom. The van der Waals surface area contributed by atoms with Gasteiger partial charge in [0.05, 0.1) is 0 Å². The van der Waals surface area contributed by atoms with Gasteiger partial charge in [0, 0.05) is 13.1 Å². The summed E-state index contributed by atoms with van der Waals surface area (Å²) < 4.78 is 0. The highest BCUT2D eigenvalue weighted by Gasteiger charge is 2.34. The summed E-state index contributed by atoms with van der Waals surface area (Å²) in [6.45, 7) is 7.34. The molecule has 0 saturated carbocycles. The Kier molecular flexibility index (Phi) is 6.89. The Labute approximate surface area is 113 Å². The Balaban J connectivity index is 4.68. The van der Waals surface area contributed by atoms with E-state index in [1.54, 1.807) is 20.8 Å². The molecule has 3 amide bonds. The Morgan fingerprint density at radius 1 is 1.21 bits per heavy atom. The van der Waals surface area contributed by atoms with Crippen molar-refractivity contribution in [2.45, 2.75) is 39.7 Å². The van der Waals surface area contributed by atoms with Gasteiger partial charge in [0.15, 0.2) is 0 Å². The molecule has 0 aliphatic carbocycles. The maximum Gasteiger partial charge on any atom is 0.329 e. The number of rotatable bonds is 7. The number of carboxylic acids is 1. The van der Waals surface area contributed by atoms with Crippen molar-refractivity contribution in [3.63, 3.8) is 0 Å². The lowest BCUT2D eigenvalue weighted by molar-refractivity contribution is -0.143. The van der Waals surface area contributed by atoms with Gasteiger partial charge in [-0.25, -0.2) is 9.59 Å². The van der Waals surface area contributed by atoms with Gasteiger partial charge in [0.1, 0.15) is 12.1 Å². The zero-order valence-electron chi connectivity index (χ0n) is 11.9. The van der Waals surface area contributed by atoms with E-state index >= 15 is 0 Å². The largest absolute Gasteiger partial charge is 0.480 e. The van der Waals surface area contributed by atoms with E-state index in [4.69, 9.17) is 5.11 Å². The zero-order chi connectivity index (χ0) is 15.1. The highest BCUT2D eigenvalue weighted by Crippen LogP contribution is 2.10. The first-order chi connectivity index (χ1) is 8.80. The summed E-state index contributed by atoms with van der Waals surface area (Å²) in [7, 11) is 0. The van der Waals surface area contributed by atoms with Crippen LogP contribution in [0.4, 0.5) is 4.79 Å². The molecule has 3 N–H and O–H groups in total. The maximum absolute atomic E-state index is 12.0. The number of nitrogens with one attached hydrogen (secondary N) is 2. The lowest BCUT2D eigenvalue weighted by atomic mass is 10.00. The molecule has 0 spiro atoms. The van der Waals surface area contributed by atoms with Gasteiger partial charge in [0.2, 0.25) is 5.91 Å². The minimum Gasteiger partial charge on any atom is -0.480 e. The monoisotopic (exact) mass is 273 g/mol. The molecule has 0 aliphatic heterocycles. The van der Waals surface area contributed by atoms with Gasteiger partial charge in [-0.05, 0) is 27.2 Å². The highest BCUT2D eigenvalue weighted by atomic mass is 16.4. The number of carboxylic acid groups (broad SMARTS) is 1. The highest BCUT2D eigenvalue weighted by molar-refractivity contribution is 5.88. The van der Waals surface area contributed by atoms with E-state index in [1.807, 2.05) is 0 Å². The quantitative estimate of drug-likeness (QED) is 0.625. The SMILES string of the molecule is CCNC(=O)CN(CC)C(=O)NC(C)(CC)C(=O)O. The van der Waals surface area contributed by atoms with Crippen molar-refractivity contribution in [2.24, 2.45) is 0 Å². The smallest absolute Gasteiger partial charge is 0.329 e. The van der Waals surface area contributed by atoms with Crippen molar-refractivity contribution < 1.29 is 19.5 Å². The molecule has 1 atom stereocenters. The molecule has 0 aromatic rings. The molecule has 110 valence electrons. The zero-order valence-corrected chi connectivity index (χ0v) is 11.9. The van der Waals surface area contributed by atoms with Crippen LogP contribution in [0.5, 0.6) is 0 Å². The van der Waals surface area contributed by atoms with Crippen LogP contribution >= 0.6 is 0 Å². The van der Waals surface area contributed by atoms with Crippen LogP contribution in [-0.4, -0.2) is 53.1 Å². The van der Waals surface area contributed by atoms with Gasteiger partial charge in [-0.3, -0.25) is 4.79 Å². The number of carbonyl (C=O) groups is 3. The second-order valence-corrected chi connectivity index (χ2v) is 4.39. The topological polar surface area (TPSA) is 98.7 Å². The number of urea groups is 1. The van der Waals surface area contributed by atoms with Crippen LogP contribution in [0.15, 0.2) is 0 Å². The molecule has 1 unspecified atom stereocenters. The number of likely N-dealkylation sites (N-methyl/N-ethyl adjacent to an activating group) is 2. The summed E-state index contributed by atoms with van der Waals surface area (Å²) in [6, 6.07) is -0.555. The Hall–Kier alpha value is -1.79. The maximum atomic E-state index is 12.0. The van der Waals surface area contributed by atoms with E-state index < -0.39 is 17.5 Å². The summed E-state index contributed by atoms with van der Waals surface area (Å²) in [6.07, 6.45) is 0.257. The first-order valence-corrected chi connectivity index (χ1v) is 6.37. The summed E-state index contributed by atoms with van der Waals surface area (Å²) >= 11 is 0. The normalized spacial score (nSPS) is 13.3. The van der Waals surface area contributed by atoms with Crippen LogP contribution in [0.3, 0.4) is 0 Å². The van der Waals surface area contributed by atoms with Gasteiger partial charge < -0.3 is 20.6 Å². The molecule has 7 nitrogen and oxygen atoms in total. The van der Waals surface area contributed by atoms with Crippen LogP contribution in [0.1, 0.15) is 34.1 Å². The van der Waals surface area contributed by atoms with Crippen LogP contribution < -0.4 is 10.6 Å². The lowest BCUT2D eigenvalue weighted by Gasteiger charge is -2.29. The van der Waals surface area contributed by atoms with Crippen LogP contribution in [-0.2, 0) is 9.59 Å². The minimum atomic E-state index is -1.33. The molecule has 0 rings (SSSR count). The number of hydrogen-bond donors (Lipinski definition) is 3. The summed E-state index contributed by atoms with van der Waals surface area (Å²) in [5, 5.41) is 14.1. The standard InChI is InChI=1S/C12H23N3O4/c1-5-12(4,10(17)18)14-11(19)15(7-3)8-9(16)13-6-2/h5-8H2,1-4H3,(H,13,16)(H,14,19)(H,17,18). The van der Waals surface area contributed by atoms with Gasteiger partial charge in [-0.1, -0.05) is 6.92 Å². The molecule has 0 fully saturated rings. The summed E-state index contributed by atoms with van der Waals surface area (Å²) in [5.74, 6) is -1.37. The molecular formula is C12H23N3O4. The minimum absolute atomic E-state index is 0.0877. The van der Waals surface area contributed by atoms with E-state index in [0.29, 0.717) is 13.1 Å². The van der Waals surface area contributed by atoms with Crippen LogP contribution in [0.2, 0.25) is 0 Å². The third-order valence-corrected chi connectivity index (χ3v) is 2.94. The number of aliphatic carboxylic acids is 1. The van der Waals surface area contributed by atoms with Gasteiger partial charge in [-0.15, -0.1) is 0 Å². The molecule has 7 heteroatoms. The van der Waals surface area contributed by atoms with Gasteiger partial charge in [0.25, 0.3) is 0 Å². The number of nitrogens with zero attached hydrogens (tertiary/aromatic N) is 1. The first kappa shape index (κ1) is 17.2. The van der Waals surface area contributed by atoms with Gasteiger partial charge >= 0.3 is 12.0 Å². The molecule has 0 aromatic carbocycles. The van der Waals surface area contributed by atoms with E-state index in [9.17, 15) is 14.4 Å². The fourth-order valence-electron chi connectivity index (χ4n) is 1.36. The lowest BCUT2D eigenvalue weighted by Crippen LogP contribution is -2.56. The summed E-state index contributed by atoms with van der Waals surface area (Å²) in [4.78, 5) is 35.8. The molecule has 0 heterocycles. The average Bonchev–Trinajstić information content (AvgIpc) is 2.35. The van der Waals surface area contributed by atoms with E-state index in [-0.39, 0.29) is 18.9 Å². The van der Waals surface area contributed by atoms with Crippen molar-refractivity contribution in [2.75, 3.05) is 19.6 Å². The van der Waals surface area contributed by atoms with Crippen molar-refractivity contribution in [3.05, 3.63) is 0 Å². The molecule has 19 heavy (non-hydrogen) atoms. The van der Waals surface area contributed by atoms with Crippen LogP contribution in [0.25, 0.3) is 0 Å². The second kappa shape index (κ2) is 7.60. The Morgan fingerprint density at radius 2 is 1.79 bits per heavy atom. The Bertz CT molecular complexity index is 346. The number of carbonyl (C=O) groups excluding carboxylic acids is 2. The second-order valence-electron chi connectivity index (χ2n) is 4.39. The predicted octanol–water partition coefficient (Wildman–Crippen LogP) is 0.407. The van der Waals surface area contributed by atoms with E-state index in [0.717, 1.165) is 0 Å². The van der Waals surface area contributed by atoms with Crippen molar-refractivity contribution in [3.8, 4) is 0 Å². The first-order valence-electron chi connectivity index (χ1n) is 6.37. The molecule has 0 saturated heterocycles. The third-order valence-electron chi connectivity index (χ3n) is 2.94. The molecular weight excluding hydrogens is 250 g/mol.